The number of carbonyl (C=O) groups is 1. The Bertz CT molecular complexity index is 454. The number of Topliss-reactive ketones (excluding diaryl/α,β-unsaturated/α-hetero) is 1. The van der Waals surface area contributed by atoms with E-state index in [2.05, 4.69) is 13.8 Å². The summed E-state index contributed by atoms with van der Waals surface area (Å²) in [6.45, 7) is 4.19. The number of halogens is 2. The van der Waals surface area contributed by atoms with Gasteiger partial charge in [0, 0.05) is 11.5 Å². The van der Waals surface area contributed by atoms with E-state index in [1.165, 1.54) is 18.2 Å². The van der Waals surface area contributed by atoms with Gasteiger partial charge in [0.05, 0.1) is 5.02 Å². The van der Waals surface area contributed by atoms with Crippen LogP contribution in [0.5, 0.6) is 0 Å². The lowest BCUT2D eigenvalue weighted by Gasteiger charge is -2.26. The molecular formula is C14H16ClFO. The largest absolute Gasteiger partial charge is 0.294 e. The van der Waals surface area contributed by atoms with Crippen LogP contribution >= 0.6 is 11.6 Å². The van der Waals surface area contributed by atoms with Crippen LogP contribution in [0.3, 0.4) is 0 Å². The summed E-state index contributed by atoms with van der Waals surface area (Å²) in [4.78, 5) is 12.4. The van der Waals surface area contributed by atoms with Gasteiger partial charge in [-0.3, -0.25) is 4.79 Å². The quantitative estimate of drug-likeness (QED) is 0.711. The van der Waals surface area contributed by atoms with Crippen LogP contribution < -0.4 is 0 Å². The third-order valence-corrected chi connectivity index (χ3v) is 4.10. The molecule has 1 aromatic carbocycles. The molecular weight excluding hydrogens is 239 g/mol. The first-order valence-corrected chi connectivity index (χ1v) is 6.29. The monoisotopic (exact) mass is 254 g/mol. The highest BCUT2D eigenvalue weighted by Gasteiger charge is 2.40. The summed E-state index contributed by atoms with van der Waals surface area (Å²) >= 11 is 5.98. The molecule has 17 heavy (non-hydrogen) atoms. The Morgan fingerprint density at radius 1 is 1.47 bits per heavy atom. The highest BCUT2D eigenvalue weighted by atomic mass is 35.5. The van der Waals surface area contributed by atoms with Gasteiger partial charge in [-0.2, -0.15) is 0 Å². The summed E-state index contributed by atoms with van der Waals surface area (Å²) < 4.78 is 13.2. The first kappa shape index (κ1) is 12.6. The Labute approximate surface area is 106 Å². The number of ketones is 1. The van der Waals surface area contributed by atoms with Crippen molar-refractivity contribution in [2.24, 2.45) is 11.3 Å². The van der Waals surface area contributed by atoms with Crippen molar-refractivity contribution in [3.8, 4) is 0 Å². The SMILES string of the molecule is CC1(C)CCCC1C(=O)c1cc(F)ccc1Cl. The van der Waals surface area contributed by atoms with Crippen molar-refractivity contribution in [3.63, 3.8) is 0 Å². The van der Waals surface area contributed by atoms with E-state index >= 15 is 0 Å². The van der Waals surface area contributed by atoms with Gasteiger partial charge in [-0.05, 0) is 36.5 Å². The summed E-state index contributed by atoms with van der Waals surface area (Å²) in [6.07, 6.45) is 2.96. The zero-order chi connectivity index (χ0) is 12.6. The molecule has 92 valence electrons. The molecule has 1 aliphatic carbocycles. The molecule has 1 aromatic rings. The van der Waals surface area contributed by atoms with Crippen LogP contribution in [0.25, 0.3) is 0 Å². The van der Waals surface area contributed by atoms with Gasteiger partial charge in [0.15, 0.2) is 5.78 Å². The van der Waals surface area contributed by atoms with Crippen LogP contribution in [0.1, 0.15) is 43.5 Å². The highest BCUT2D eigenvalue weighted by Crippen LogP contribution is 2.44. The summed E-state index contributed by atoms with van der Waals surface area (Å²) in [5.41, 5.74) is 0.318. The van der Waals surface area contributed by atoms with E-state index in [0.717, 1.165) is 19.3 Å². The predicted molar refractivity (Wildman–Crippen MR) is 66.9 cm³/mol. The highest BCUT2D eigenvalue weighted by molar-refractivity contribution is 6.34. The lowest BCUT2D eigenvalue weighted by atomic mass is 9.78. The molecule has 0 saturated heterocycles. The van der Waals surface area contributed by atoms with Crippen LogP contribution in [-0.2, 0) is 0 Å². The average Bonchev–Trinajstić information content (AvgIpc) is 2.61. The number of carbonyl (C=O) groups excluding carboxylic acids is 1. The number of benzene rings is 1. The molecule has 1 unspecified atom stereocenters. The Morgan fingerprint density at radius 2 is 2.18 bits per heavy atom. The van der Waals surface area contributed by atoms with Crippen LogP contribution in [-0.4, -0.2) is 5.78 Å². The summed E-state index contributed by atoms with van der Waals surface area (Å²) in [5.74, 6) is -0.465. The van der Waals surface area contributed by atoms with Crippen molar-refractivity contribution in [1.82, 2.24) is 0 Å². The zero-order valence-corrected chi connectivity index (χ0v) is 10.9. The second kappa shape index (κ2) is 4.41. The van der Waals surface area contributed by atoms with Crippen LogP contribution in [0.4, 0.5) is 4.39 Å². The van der Waals surface area contributed by atoms with Gasteiger partial charge < -0.3 is 0 Å². The maximum atomic E-state index is 13.2. The molecule has 0 radical (unpaired) electrons. The third-order valence-electron chi connectivity index (χ3n) is 3.77. The fraction of sp³-hybridized carbons (Fsp3) is 0.500. The molecule has 1 nitrogen and oxygen atoms in total. The molecule has 0 N–H and O–H groups in total. The van der Waals surface area contributed by atoms with E-state index in [0.29, 0.717) is 10.6 Å². The minimum absolute atomic E-state index is 0.00721. The van der Waals surface area contributed by atoms with Gasteiger partial charge >= 0.3 is 0 Å². The molecule has 0 aliphatic heterocycles. The van der Waals surface area contributed by atoms with Crippen molar-refractivity contribution in [2.75, 3.05) is 0 Å². The molecule has 0 amide bonds. The molecule has 1 aliphatic rings. The maximum absolute atomic E-state index is 13.2. The second-order valence-electron chi connectivity index (χ2n) is 5.42. The van der Waals surface area contributed by atoms with Gasteiger partial charge in [-0.25, -0.2) is 4.39 Å². The lowest BCUT2D eigenvalue weighted by Crippen LogP contribution is -2.26. The fourth-order valence-corrected chi connectivity index (χ4v) is 2.90. The Balaban J connectivity index is 2.34. The minimum Gasteiger partial charge on any atom is -0.294 e. The number of hydrogen-bond donors (Lipinski definition) is 0. The first-order valence-electron chi connectivity index (χ1n) is 5.91. The summed E-state index contributed by atoms with van der Waals surface area (Å²) in [7, 11) is 0. The molecule has 0 bridgehead atoms. The minimum atomic E-state index is -0.409. The van der Waals surface area contributed by atoms with Crippen molar-refractivity contribution in [2.45, 2.75) is 33.1 Å². The van der Waals surface area contributed by atoms with E-state index in [4.69, 9.17) is 11.6 Å². The molecule has 3 heteroatoms. The van der Waals surface area contributed by atoms with Gasteiger partial charge in [0.1, 0.15) is 5.82 Å². The first-order chi connectivity index (χ1) is 7.92. The van der Waals surface area contributed by atoms with Crippen molar-refractivity contribution >= 4 is 17.4 Å². The van der Waals surface area contributed by atoms with E-state index in [1.54, 1.807) is 0 Å². The zero-order valence-electron chi connectivity index (χ0n) is 10.1. The van der Waals surface area contributed by atoms with Gasteiger partial charge in [0.25, 0.3) is 0 Å². The van der Waals surface area contributed by atoms with Crippen molar-refractivity contribution in [3.05, 3.63) is 34.6 Å². The van der Waals surface area contributed by atoms with Crippen molar-refractivity contribution < 1.29 is 9.18 Å². The van der Waals surface area contributed by atoms with E-state index in [1.807, 2.05) is 0 Å². The smallest absolute Gasteiger partial charge is 0.168 e. The maximum Gasteiger partial charge on any atom is 0.168 e. The predicted octanol–water partition coefficient (Wildman–Crippen LogP) is 4.49. The van der Waals surface area contributed by atoms with E-state index < -0.39 is 5.82 Å². The van der Waals surface area contributed by atoms with Gasteiger partial charge in [0.2, 0.25) is 0 Å². The number of hydrogen-bond acceptors (Lipinski definition) is 1. The van der Waals surface area contributed by atoms with Gasteiger partial charge in [-0.1, -0.05) is 31.9 Å². The van der Waals surface area contributed by atoms with E-state index in [9.17, 15) is 9.18 Å². The molecule has 1 fully saturated rings. The van der Waals surface area contributed by atoms with Gasteiger partial charge in [-0.15, -0.1) is 0 Å². The van der Waals surface area contributed by atoms with Crippen LogP contribution in [0.2, 0.25) is 5.02 Å². The van der Waals surface area contributed by atoms with E-state index in [-0.39, 0.29) is 17.1 Å². The number of rotatable bonds is 2. The third kappa shape index (κ3) is 2.37. The molecule has 1 saturated carbocycles. The van der Waals surface area contributed by atoms with Crippen LogP contribution in [0, 0.1) is 17.2 Å². The summed E-state index contributed by atoms with van der Waals surface area (Å²) in [5, 5.41) is 0.346. The molecule has 0 heterocycles. The normalized spacial score (nSPS) is 22.7. The fourth-order valence-electron chi connectivity index (χ4n) is 2.69. The standard InChI is InChI=1S/C14H16ClFO/c1-14(2)7-3-4-11(14)13(17)10-8-9(16)5-6-12(10)15/h5-6,8,11H,3-4,7H2,1-2H3. The Kier molecular flexibility index (Phi) is 3.26. The molecule has 2 rings (SSSR count). The lowest BCUT2D eigenvalue weighted by molar-refractivity contribution is 0.0839. The molecule has 0 spiro atoms. The van der Waals surface area contributed by atoms with Crippen LogP contribution in [0.15, 0.2) is 18.2 Å². The van der Waals surface area contributed by atoms with Crippen molar-refractivity contribution in [1.29, 1.82) is 0 Å². The molecule has 0 aromatic heterocycles. The summed E-state index contributed by atoms with van der Waals surface area (Å²) in [6, 6.07) is 3.98. The second-order valence-corrected chi connectivity index (χ2v) is 5.83. The average molecular weight is 255 g/mol. The molecule has 1 atom stereocenters. The Morgan fingerprint density at radius 3 is 2.76 bits per heavy atom. The Hall–Kier alpha value is -0.890. The topological polar surface area (TPSA) is 17.1 Å².